The molecule has 1 aromatic rings. The van der Waals surface area contributed by atoms with Crippen LogP contribution >= 0.6 is 0 Å². The minimum Gasteiger partial charge on any atom is -0.444 e. The molecule has 120 valence electrons. The maximum atomic E-state index is 11.6. The Bertz CT molecular complexity index is 461. The average molecular weight is 297 g/mol. The van der Waals surface area contributed by atoms with E-state index in [4.69, 9.17) is 9.47 Å². The summed E-state index contributed by atoms with van der Waals surface area (Å²) >= 11 is 0. The summed E-state index contributed by atoms with van der Waals surface area (Å²) in [6, 6.07) is 0. The van der Waals surface area contributed by atoms with E-state index in [2.05, 4.69) is 10.3 Å². The van der Waals surface area contributed by atoms with E-state index in [0.29, 0.717) is 19.5 Å². The highest BCUT2D eigenvalue weighted by atomic mass is 16.6. The Hall–Kier alpha value is -1.56. The number of rotatable bonds is 6. The molecule has 21 heavy (non-hydrogen) atoms. The first kappa shape index (κ1) is 17.5. The largest absolute Gasteiger partial charge is 0.444 e. The number of hydrogen-bond donors (Lipinski definition) is 1. The summed E-state index contributed by atoms with van der Waals surface area (Å²) in [6.45, 7) is 10.8. The van der Waals surface area contributed by atoms with Crippen LogP contribution in [-0.4, -0.2) is 40.5 Å². The predicted octanol–water partition coefficient (Wildman–Crippen LogP) is 2.38. The molecule has 0 saturated heterocycles. The molecule has 0 bridgehead atoms. The molecule has 6 nitrogen and oxygen atoms in total. The number of nitrogens with one attached hydrogen (secondary N) is 1. The number of carbonyl (C=O) groups excluding carboxylic acids is 1. The number of nitrogens with zero attached hydrogens (tertiary/aromatic N) is 2. The first-order valence-electron chi connectivity index (χ1n) is 7.14. The van der Waals surface area contributed by atoms with Crippen molar-refractivity contribution in [2.45, 2.75) is 58.8 Å². The van der Waals surface area contributed by atoms with Crippen molar-refractivity contribution in [3.05, 3.63) is 18.2 Å². The van der Waals surface area contributed by atoms with Crippen molar-refractivity contribution < 1.29 is 14.3 Å². The fourth-order valence-electron chi connectivity index (χ4n) is 1.78. The van der Waals surface area contributed by atoms with Crippen molar-refractivity contribution >= 4 is 6.09 Å². The zero-order chi connectivity index (χ0) is 16.1. The molecule has 0 spiro atoms. The third kappa shape index (κ3) is 6.62. The molecule has 0 aliphatic carbocycles. The number of imidazole rings is 1. The Morgan fingerprint density at radius 2 is 2.00 bits per heavy atom. The van der Waals surface area contributed by atoms with Crippen LogP contribution in [0.25, 0.3) is 0 Å². The van der Waals surface area contributed by atoms with Gasteiger partial charge in [-0.2, -0.15) is 0 Å². The van der Waals surface area contributed by atoms with Crippen LogP contribution in [0.4, 0.5) is 4.79 Å². The normalized spacial score (nSPS) is 12.3. The second-order valence-electron chi connectivity index (χ2n) is 6.66. The average Bonchev–Trinajstić information content (AvgIpc) is 2.74. The van der Waals surface area contributed by atoms with Gasteiger partial charge in [0.15, 0.2) is 0 Å². The second kappa shape index (κ2) is 6.93. The molecule has 1 rings (SSSR count). The monoisotopic (exact) mass is 297 g/mol. The number of carbonyl (C=O) groups is 1. The van der Waals surface area contributed by atoms with Crippen molar-refractivity contribution in [1.29, 1.82) is 0 Å². The first-order valence-corrected chi connectivity index (χ1v) is 7.14. The number of alkyl carbamates (subject to hydrolysis) is 1. The molecule has 1 N–H and O–H groups in total. The summed E-state index contributed by atoms with van der Waals surface area (Å²) in [5.41, 5.74) is 0.318. The molecule has 1 aromatic heterocycles. The SMILES string of the molecule is COC(C)(C)Cn1cncc1CCNC(=O)OC(C)(C)C. The van der Waals surface area contributed by atoms with Gasteiger partial charge in [-0.3, -0.25) is 0 Å². The summed E-state index contributed by atoms with van der Waals surface area (Å²) in [5.74, 6) is 0. The van der Waals surface area contributed by atoms with Crippen LogP contribution in [0.2, 0.25) is 0 Å². The van der Waals surface area contributed by atoms with Gasteiger partial charge in [-0.1, -0.05) is 0 Å². The van der Waals surface area contributed by atoms with E-state index in [9.17, 15) is 4.79 Å². The zero-order valence-corrected chi connectivity index (χ0v) is 13.9. The highest BCUT2D eigenvalue weighted by molar-refractivity contribution is 5.67. The Balaban J connectivity index is 2.47. The number of aromatic nitrogens is 2. The molecule has 0 atom stereocenters. The molecule has 1 heterocycles. The maximum Gasteiger partial charge on any atom is 0.407 e. The molecule has 0 aliphatic heterocycles. The molecule has 0 unspecified atom stereocenters. The van der Waals surface area contributed by atoms with Gasteiger partial charge in [0, 0.05) is 32.0 Å². The standard InChI is InChI=1S/C15H27N3O3/c1-14(2,3)21-13(19)17-8-7-12-9-16-11-18(12)10-15(4,5)20-6/h9,11H,7-8,10H2,1-6H3,(H,17,19). The lowest BCUT2D eigenvalue weighted by Crippen LogP contribution is -2.34. The third-order valence-corrected chi connectivity index (χ3v) is 2.95. The van der Waals surface area contributed by atoms with Crippen LogP contribution in [0.1, 0.15) is 40.3 Å². The Kier molecular flexibility index (Phi) is 5.78. The van der Waals surface area contributed by atoms with Crippen molar-refractivity contribution in [3.63, 3.8) is 0 Å². The van der Waals surface area contributed by atoms with Gasteiger partial charge in [-0.05, 0) is 34.6 Å². The van der Waals surface area contributed by atoms with Crippen LogP contribution in [0.15, 0.2) is 12.5 Å². The van der Waals surface area contributed by atoms with Crippen molar-refractivity contribution in [2.24, 2.45) is 0 Å². The second-order valence-corrected chi connectivity index (χ2v) is 6.66. The summed E-state index contributed by atoms with van der Waals surface area (Å²) in [7, 11) is 1.70. The van der Waals surface area contributed by atoms with E-state index in [1.54, 1.807) is 13.4 Å². The van der Waals surface area contributed by atoms with Gasteiger partial charge in [-0.15, -0.1) is 0 Å². The van der Waals surface area contributed by atoms with Crippen LogP contribution in [-0.2, 0) is 22.4 Å². The van der Waals surface area contributed by atoms with Crippen LogP contribution in [0.3, 0.4) is 0 Å². The molecule has 0 fully saturated rings. The lowest BCUT2D eigenvalue weighted by molar-refractivity contribution is 0.00754. The molecule has 1 amide bonds. The topological polar surface area (TPSA) is 65.4 Å². The molecule has 0 saturated carbocycles. The van der Waals surface area contributed by atoms with Crippen molar-refractivity contribution in [3.8, 4) is 0 Å². The highest BCUT2D eigenvalue weighted by Gasteiger charge is 2.19. The Labute approximate surface area is 126 Å². The lowest BCUT2D eigenvalue weighted by atomic mass is 10.1. The van der Waals surface area contributed by atoms with E-state index in [1.807, 2.05) is 45.4 Å². The highest BCUT2D eigenvalue weighted by Crippen LogP contribution is 2.13. The number of hydrogen-bond acceptors (Lipinski definition) is 4. The van der Waals surface area contributed by atoms with Gasteiger partial charge in [0.1, 0.15) is 5.60 Å². The van der Waals surface area contributed by atoms with Gasteiger partial charge < -0.3 is 19.4 Å². The number of amides is 1. The molecule has 6 heteroatoms. The molecule has 0 radical (unpaired) electrons. The zero-order valence-electron chi connectivity index (χ0n) is 13.9. The fourth-order valence-corrected chi connectivity index (χ4v) is 1.78. The fraction of sp³-hybridized carbons (Fsp3) is 0.733. The predicted molar refractivity (Wildman–Crippen MR) is 81.3 cm³/mol. The van der Waals surface area contributed by atoms with E-state index >= 15 is 0 Å². The van der Waals surface area contributed by atoms with Crippen LogP contribution in [0, 0.1) is 0 Å². The smallest absolute Gasteiger partial charge is 0.407 e. The van der Waals surface area contributed by atoms with Crippen LogP contribution in [0.5, 0.6) is 0 Å². The Morgan fingerprint density at radius 1 is 1.33 bits per heavy atom. The number of ether oxygens (including phenoxy) is 2. The molecular formula is C15H27N3O3. The van der Waals surface area contributed by atoms with Gasteiger partial charge in [0.05, 0.1) is 18.5 Å². The Morgan fingerprint density at radius 3 is 2.57 bits per heavy atom. The van der Waals surface area contributed by atoms with Gasteiger partial charge in [0.25, 0.3) is 0 Å². The quantitative estimate of drug-likeness (QED) is 0.875. The van der Waals surface area contributed by atoms with E-state index in [-0.39, 0.29) is 5.60 Å². The molecule has 0 aromatic carbocycles. The molecular weight excluding hydrogens is 270 g/mol. The van der Waals surface area contributed by atoms with E-state index < -0.39 is 11.7 Å². The van der Waals surface area contributed by atoms with Crippen molar-refractivity contribution in [1.82, 2.24) is 14.9 Å². The molecule has 0 aliphatic rings. The van der Waals surface area contributed by atoms with Crippen molar-refractivity contribution in [2.75, 3.05) is 13.7 Å². The van der Waals surface area contributed by atoms with Gasteiger partial charge in [0.2, 0.25) is 0 Å². The lowest BCUT2D eigenvalue weighted by Gasteiger charge is -2.24. The van der Waals surface area contributed by atoms with Gasteiger partial charge in [-0.25, -0.2) is 9.78 Å². The van der Waals surface area contributed by atoms with E-state index in [1.165, 1.54) is 0 Å². The number of methoxy groups -OCH3 is 1. The van der Waals surface area contributed by atoms with Gasteiger partial charge >= 0.3 is 6.09 Å². The maximum absolute atomic E-state index is 11.6. The minimum absolute atomic E-state index is 0.256. The summed E-state index contributed by atoms with van der Waals surface area (Å²) in [6.07, 6.45) is 3.89. The summed E-state index contributed by atoms with van der Waals surface area (Å²) in [4.78, 5) is 15.7. The van der Waals surface area contributed by atoms with E-state index in [0.717, 1.165) is 5.69 Å². The van der Waals surface area contributed by atoms with Crippen LogP contribution < -0.4 is 5.32 Å². The third-order valence-electron chi connectivity index (χ3n) is 2.95. The summed E-state index contributed by atoms with van der Waals surface area (Å²) < 4.78 is 12.7. The first-order chi connectivity index (χ1) is 9.63. The minimum atomic E-state index is -0.478. The summed E-state index contributed by atoms with van der Waals surface area (Å²) in [5, 5.41) is 2.75.